The minimum Gasteiger partial charge on any atom is -0.512 e. The second-order valence-electron chi connectivity index (χ2n) is 4.50. The van der Waals surface area contributed by atoms with Crippen LogP contribution in [0.4, 0.5) is 0 Å². The van der Waals surface area contributed by atoms with Crippen molar-refractivity contribution in [2.45, 2.75) is 40.2 Å². The van der Waals surface area contributed by atoms with E-state index in [1.54, 1.807) is 20.8 Å². The standard InChI is InChI=1S/C12H18O4/c1-7(10(8(2)13)9(3)14)11(15)16-12(4,5)6/h13H,1H2,2-6H3/b10-8+. The molecule has 4 nitrogen and oxygen atoms in total. The van der Waals surface area contributed by atoms with E-state index < -0.39 is 17.4 Å². The number of ketones is 1. The molecule has 16 heavy (non-hydrogen) atoms. The molecule has 0 aromatic rings. The van der Waals surface area contributed by atoms with E-state index in [1.165, 1.54) is 13.8 Å². The summed E-state index contributed by atoms with van der Waals surface area (Å²) in [6, 6.07) is 0. The van der Waals surface area contributed by atoms with E-state index in [4.69, 9.17) is 4.74 Å². The maximum Gasteiger partial charge on any atom is 0.338 e. The average molecular weight is 226 g/mol. The van der Waals surface area contributed by atoms with Gasteiger partial charge in [0.15, 0.2) is 5.78 Å². The number of Topliss-reactive ketones (excluding diaryl/α,β-unsaturated/α-hetero) is 1. The molecule has 0 saturated heterocycles. The van der Waals surface area contributed by atoms with Gasteiger partial charge in [0, 0.05) is 0 Å². The van der Waals surface area contributed by atoms with Gasteiger partial charge in [-0.25, -0.2) is 4.79 Å². The molecule has 0 aliphatic heterocycles. The summed E-state index contributed by atoms with van der Waals surface area (Å²) in [6.45, 7) is 11.2. The van der Waals surface area contributed by atoms with Gasteiger partial charge in [0.25, 0.3) is 0 Å². The van der Waals surface area contributed by atoms with E-state index in [0.29, 0.717) is 0 Å². The van der Waals surface area contributed by atoms with Crippen LogP contribution in [-0.4, -0.2) is 22.5 Å². The van der Waals surface area contributed by atoms with E-state index >= 15 is 0 Å². The molecule has 4 heteroatoms. The van der Waals surface area contributed by atoms with Crippen molar-refractivity contribution < 1.29 is 19.4 Å². The minimum atomic E-state index is -0.703. The first kappa shape index (κ1) is 14.4. The fourth-order valence-electron chi connectivity index (χ4n) is 1.13. The molecule has 0 heterocycles. The van der Waals surface area contributed by atoms with Crippen LogP contribution in [0.2, 0.25) is 0 Å². The SMILES string of the molecule is C=C(C(=O)OC(C)(C)C)/C(C(C)=O)=C(/C)O. The molecule has 0 radical (unpaired) electrons. The first-order chi connectivity index (χ1) is 7.06. The summed E-state index contributed by atoms with van der Waals surface area (Å²) in [7, 11) is 0. The number of carbonyl (C=O) groups is 2. The Bertz CT molecular complexity index is 352. The largest absolute Gasteiger partial charge is 0.512 e. The second-order valence-corrected chi connectivity index (χ2v) is 4.50. The van der Waals surface area contributed by atoms with Crippen molar-refractivity contribution in [1.29, 1.82) is 0 Å². The van der Waals surface area contributed by atoms with Crippen molar-refractivity contribution in [3.8, 4) is 0 Å². The van der Waals surface area contributed by atoms with Crippen LogP contribution in [0.5, 0.6) is 0 Å². The summed E-state index contributed by atoms with van der Waals surface area (Å²) in [6.07, 6.45) is 0. The Morgan fingerprint density at radius 3 is 1.88 bits per heavy atom. The van der Waals surface area contributed by atoms with Gasteiger partial charge in [-0.1, -0.05) is 6.58 Å². The van der Waals surface area contributed by atoms with Crippen LogP contribution in [-0.2, 0) is 14.3 Å². The van der Waals surface area contributed by atoms with Gasteiger partial charge in [-0.05, 0) is 34.6 Å². The van der Waals surface area contributed by atoms with Crippen LogP contribution in [0.25, 0.3) is 0 Å². The van der Waals surface area contributed by atoms with Crippen LogP contribution >= 0.6 is 0 Å². The number of hydrogen-bond acceptors (Lipinski definition) is 4. The van der Waals surface area contributed by atoms with E-state index in [9.17, 15) is 14.7 Å². The van der Waals surface area contributed by atoms with E-state index in [0.717, 1.165) is 0 Å². The molecule has 0 aromatic heterocycles. The number of rotatable bonds is 3. The zero-order valence-corrected chi connectivity index (χ0v) is 10.4. The fourth-order valence-corrected chi connectivity index (χ4v) is 1.13. The molecule has 90 valence electrons. The summed E-state index contributed by atoms with van der Waals surface area (Å²) in [5.41, 5.74) is -0.873. The van der Waals surface area contributed by atoms with Gasteiger partial charge in [-0.15, -0.1) is 0 Å². The Balaban J connectivity index is 5.01. The Labute approximate surface area is 95.6 Å². The number of ether oxygens (including phenoxy) is 1. The highest BCUT2D eigenvalue weighted by Crippen LogP contribution is 2.18. The maximum atomic E-state index is 11.6. The minimum absolute atomic E-state index is 0.0887. The quantitative estimate of drug-likeness (QED) is 0.347. The van der Waals surface area contributed by atoms with E-state index in [2.05, 4.69) is 6.58 Å². The van der Waals surface area contributed by atoms with Crippen molar-refractivity contribution >= 4 is 11.8 Å². The van der Waals surface area contributed by atoms with Crippen molar-refractivity contribution in [3.63, 3.8) is 0 Å². The molecule has 0 rings (SSSR count). The molecule has 0 aliphatic carbocycles. The molecule has 0 spiro atoms. The molecule has 0 aromatic carbocycles. The summed E-state index contributed by atoms with van der Waals surface area (Å²) < 4.78 is 5.04. The summed E-state index contributed by atoms with van der Waals surface area (Å²) in [5.74, 6) is -1.36. The number of carbonyl (C=O) groups excluding carboxylic acids is 2. The molecule has 0 unspecified atom stereocenters. The number of aliphatic hydroxyl groups is 1. The first-order valence-corrected chi connectivity index (χ1v) is 4.89. The zero-order chi connectivity index (χ0) is 13.1. The van der Waals surface area contributed by atoms with Crippen LogP contribution in [0.3, 0.4) is 0 Å². The summed E-state index contributed by atoms with van der Waals surface area (Å²) >= 11 is 0. The Morgan fingerprint density at radius 1 is 1.19 bits per heavy atom. The highest BCUT2D eigenvalue weighted by molar-refractivity contribution is 6.09. The lowest BCUT2D eigenvalue weighted by Gasteiger charge is -2.20. The summed E-state index contributed by atoms with van der Waals surface area (Å²) in [5, 5.41) is 9.29. The summed E-state index contributed by atoms with van der Waals surface area (Å²) in [4.78, 5) is 22.8. The number of hydrogen-bond donors (Lipinski definition) is 1. The number of aliphatic hydroxyl groups excluding tert-OH is 1. The van der Waals surface area contributed by atoms with Crippen molar-refractivity contribution in [3.05, 3.63) is 23.5 Å². The molecule has 0 saturated carbocycles. The lowest BCUT2D eigenvalue weighted by atomic mass is 10.0. The number of allylic oxidation sites excluding steroid dienone is 1. The van der Waals surface area contributed by atoms with Crippen LogP contribution in [0, 0.1) is 0 Å². The van der Waals surface area contributed by atoms with Gasteiger partial charge in [-0.3, -0.25) is 4.79 Å². The highest BCUT2D eigenvalue weighted by atomic mass is 16.6. The molecule has 1 N–H and O–H groups in total. The third-order valence-electron chi connectivity index (χ3n) is 1.66. The van der Waals surface area contributed by atoms with Gasteiger partial charge in [-0.2, -0.15) is 0 Å². The third kappa shape index (κ3) is 4.29. The first-order valence-electron chi connectivity index (χ1n) is 4.89. The van der Waals surface area contributed by atoms with Crippen LogP contribution in [0.15, 0.2) is 23.5 Å². The van der Waals surface area contributed by atoms with Crippen molar-refractivity contribution in [2.75, 3.05) is 0 Å². The predicted octanol–water partition coefficient (Wildman–Crippen LogP) is 2.31. The van der Waals surface area contributed by atoms with Gasteiger partial charge < -0.3 is 9.84 Å². The molecule has 0 aliphatic rings. The molecule has 0 bridgehead atoms. The van der Waals surface area contributed by atoms with Crippen LogP contribution in [0.1, 0.15) is 34.6 Å². The lowest BCUT2D eigenvalue weighted by molar-refractivity contribution is -0.149. The van der Waals surface area contributed by atoms with Gasteiger partial charge in [0.1, 0.15) is 11.4 Å². The molecular formula is C12H18O4. The van der Waals surface area contributed by atoms with Crippen LogP contribution < -0.4 is 0 Å². The monoisotopic (exact) mass is 226 g/mol. The Morgan fingerprint density at radius 2 is 1.62 bits per heavy atom. The molecular weight excluding hydrogens is 208 g/mol. The third-order valence-corrected chi connectivity index (χ3v) is 1.66. The van der Waals surface area contributed by atoms with E-state index in [1.807, 2.05) is 0 Å². The second kappa shape index (κ2) is 4.96. The Hall–Kier alpha value is -1.58. The number of esters is 1. The predicted molar refractivity (Wildman–Crippen MR) is 61.0 cm³/mol. The smallest absolute Gasteiger partial charge is 0.338 e. The lowest BCUT2D eigenvalue weighted by Crippen LogP contribution is -2.26. The Kier molecular flexibility index (Phi) is 4.47. The van der Waals surface area contributed by atoms with E-state index in [-0.39, 0.29) is 16.9 Å². The van der Waals surface area contributed by atoms with Gasteiger partial charge in [0.05, 0.1) is 11.1 Å². The zero-order valence-electron chi connectivity index (χ0n) is 10.4. The van der Waals surface area contributed by atoms with Gasteiger partial charge >= 0.3 is 5.97 Å². The average Bonchev–Trinajstić information content (AvgIpc) is 1.98. The fraction of sp³-hybridized carbons (Fsp3) is 0.500. The van der Waals surface area contributed by atoms with Crippen molar-refractivity contribution in [1.82, 2.24) is 0 Å². The normalized spacial score (nSPS) is 12.8. The molecule has 0 fully saturated rings. The highest BCUT2D eigenvalue weighted by Gasteiger charge is 2.24. The maximum absolute atomic E-state index is 11.6. The van der Waals surface area contributed by atoms with Crippen molar-refractivity contribution in [2.24, 2.45) is 0 Å². The van der Waals surface area contributed by atoms with Gasteiger partial charge in [0.2, 0.25) is 0 Å². The topological polar surface area (TPSA) is 63.6 Å². The molecule has 0 atom stereocenters. The molecule has 0 amide bonds.